The van der Waals surface area contributed by atoms with E-state index in [4.69, 9.17) is 0 Å². The van der Waals surface area contributed by atoms with Gasteiger partial charge in [0.2, 0.25) is 5.91 Å². The van der Waals surface area contributed by atoms with E-state index in [0.29, 0.717) is 0 Å². The van der Waals surface area contributed by atoms with Gasteiger partial charge in [-0.15, -0.1) is 0 Å². The molecule has 6 heteroatoms. The topological polar surface area (TPSA) is 83.5 Å². The van der Waals surface area contributed by atoms with Crippen molar-refractivity contribution in [1.82, 2.24) is 0 Å². The largest absolute Gasteiger partial charge is 0.508 e. The van der Waals surface area contributed by atoms with Gasteiger partial charge in [-0.3, -0.25) is 4.79 Å². The minimum atomic E-state index is -3.71. The normalized spacial score (nSPS) is 21.0. The molecule has 2 N–H and O–H groups in total. The van der Waals surface area contributed by atoms with E-state index in [1.807, 2.05) is 0 Å². The number of aromatic hydroxyl groups is 1. The Morgan fingerprint density at radius 3 is 2.56 bits per heavy atom. The molecule has 1 aromatic rings. The van der Waals surface area contributed by atoms with E-state index in [1.54, 1.807) is 0 Å². The first-order valence-electron chi connectivity index (χ1n) is 4.66. The Labute approximate surface area is 93.0 Å². The summed E-state index contributed by atoms with van der Waals surface area (Å²) in [6.07, 6.45) is 0. The molecule has 0 unspecified atom stereocenters. The van der Waals surface area contributed by atoms with Gasteiger partial charge in [0, 0.05) is 6.07 Å². The zero-order valence-corrected chi connectivity index (χ0v) is 9.63. The van der Waals surface area contributed by atoms with Gasteiger partial charge in [-0.05, 0) is 26.0 Å². The zero-order chi connectivity index (χ0) is 12.1. The lowest BCUT2D eigenvalue weighted by Crippen LogP contribution is -2.48. The molecule has 86 valence electrons. The third kappa shape index (κ3) is 1.23. The van der Waals surface area contributed by atoms with Crippen molar-refractivity contribution in [1.29, 1.82) is 0 Å². The SMILES string of the molecule is CC1(C)C(=O)Nc2cc(O)ccc2S1(=O)=O. The molecule has 2 rings (SSSR count). The Morgan fingerprint density at radius 1 is 1.31 bits per heavy atom. The van der Waals surface area contributed by atoms with Crippen molar-refractivity contribution in [3.05, 3.63) is 18.2 Å². The highest BCUT2D eigenvalue weighted by atomic mass is 32.2. The van der Waals surface area contributed by atoms with Crippen LogP contribution in [0.3, 0.4) is 0 Å². The van der Waals surface area contributed by atoms with Gasteiger partial charge in [0.1, 0.15) is 10.5 Å². The number of phenols is 1. The molecule has 0 fully saturated rings. The number of carbonyl (C=O) groups excluding carboxylic acids is 1. The molecule has 0 spiro atoms. The van der Waals surface area contributed by atoms with Crippen molar-refractivity contribution in [3.8, 4) is 5.75 Å². The lowest BCUT2D eigenvalue weighted by Gasteiger charge is -2.30. The van der Waals surface area contributed by atoms with E-state index in [1.165, 1.54) is 32.0 Å². The fourth-order valence-corrected chi connectivity index (χ4v) is 3.01. The molecule has 16 heavy (non-hydrogen) atoms. The van der Waals surface area contributed by atoms with Crippen LogP contribution in [0.5, 0.6) is 5.75 Å². The maximum Gasteiger partial charge on any atom is 0.245 e. The molecule has 0 radical (unpaired) electrons. The van der Waals surface area contributed by atoms with Crippen LogP contribution in [-0.4, -0.2) is 24.2 Å². The first-order chi connectivity index (χ1) is 7.26. The summed E-state index contributed by atoms with van der Waals surface area (Å²) in [5.41, 5.74) is 0.129. The summed E-state index contributed by atoms with van der Waals surface area (Å²) in [5.74, 6) is -0.681. The molecule has 0 bridgehead atoms. The summed E-state index contributed by atoms with van der Waals surface area (Å²) in [6.45, 7) is 2.71. The van der Waals surface area contributed by atoms with Crippen LogP contribution in [-0.2, 0) is 14.6 Å². The Kier molecular flexibility index (Phi) is 2.03. The van der Waals surface area contributed by atoms with Crippen molar-refractivity contribution in [3.63, 3.8) is 0 Å². The van der Waals surface area contributed by atoms with E-state index in [-0.39, 0.29) is 16.3 Å². The molecular formula is C10H11NO4S. The summed E-state index contributed by atoms with van der Waals surface area (Å²) < 4.78 is 22.7. The van der Waals surface area contributed by atoms with Crippen molar-refractivity contribution in [2.24, 2.45) is 0 Å². The van der Waals surface area contributed by atoms with Gasteiger partial charge in [-0.1, -0.05) is 0 Å². The second kappa shape index (κ2) is 2.98. The summed E-state index contributed by atoms with van der Waals surface area (Å²) in [4.78, 5) is 11.7. The number of hydrogen-bond donors (Lipinski definition) is 2. The van der Waals surface area contributed by atoms with Crippen LogP contribution in [0.2, 0.25) is 0 Å². The number of benzene rings is 1. The average molecular weight is 241 g/mol. The Morgan fingerprint density at radius 2 is 1.94 bits per heavy atom. The molecule has 5 nitrogen and oxygen atoms in total. The highest BCUT2D eigenvalue weighted by molar-refractivity contribution is 7.94. The van der Waals surface area contributed by atoms with Crippen LogP contribution in [0.1, 0.15) is 13.8 Å². The summed E-state index contributed by atoms with van der Waals surface area (Å²) in [5, 5.41) is 11.7. The molecule has 1 heterocycles. The van der Waals surface area contributed by atoms with Gasteiger partial charge >= 0.3 is 0 Å². The van der Waals surface area contributed by atoms with E-state index in [9.17, 15) is 18.3 Å². The third-order valence-corrected chi connectivity index (χ3v) is 5.18. The predicted molar refractivity (Wildman–Crippen MR) is 58.0 cm³/mol. The summed E-state index contributed by atoms with van der Waals surface area (Å²) in [6, 6.07) is 3.80. The van der Waals surface area contributed by atoms with Crippen LogP contribution in [0.15, 0.2) is 23.1 Å². The molecule has 0 saturated carbocycles. The minimum absolute atomic E-state index is 0.0369. The molecule has 1 aliphatic rings. The first-order valence-corrected chi connectivity index (χ1v) is 6.14. The second-order valence-corrected chi connectivity index (χ2v) is 6.62. The molecule has 1 aromatic carbocycles. The van der Waals surface area contributed by atoms with E-state index in [2.05, 4.69) is 5.32 Å². The van der Waals surface area contributed by atoms with Gasteiger partial charge in [-0.25, -0.2) is 8.42 Å². The average Bonchev–Trinajstić information content (AvgIpc) is 2.15. The molecule has 1 aliphatic heterocycles. The molecule has 1 amide bonds. The Bertz CT molecular complexity index is 574. The lowest BCUT2D eigenvalue weighted by molar-refractivity contribution is -0.118. The van der Waals surface area contributed by atoms with Crippen LogP contribution in [0.25, 0.3) is 0 Å². The van der Waals surface area contributed by atoms with Gasteiger partial charge in [0.05, 0.1) is 10.6 Å². The van der Waals surface area contributed by atoms with E-state index < -0.39 is 20.5 Å². The minimum Gasteiger partial charge on any atom is -0.508 e. The van der Waals surface area contributed by atoms with Gasteiger partial charge in [-0.2, -0.15) is 0 Å². The highest BCUT2D eigenvalue weighted by Crippen LogP contribution is 2.37. The summed E-state index contributed by atoms with van der Waals surface area (Å²) in [7, 11) is -3.71. The van der Waals surface area contributed by atoms with Crippen molar-refractivity contribution >= 4 is 21.4 Å². The first kappa shape index (κ1) is 10.9. The Balaban J connectivity index is 2.78. The standard InChI is InChI=1S/C10H11NO4S/c1-10(2)9(13)11-7-5-6(12)3-4-8(7)16(10,14)15/h3-5,12H,1-2H3,(H,11,13). The Hall–Kier alpha value is -1.56. The fourth-order valence-electron chi connectivity index (χ4n) is 1.52. The van der Waals surface area contributed by atoms with Crippen LogP contribution in [0.4, 0.5) is 5.69 Å². The van der Waals surface area contributed by atoms with Gasteiger partial charge in [0.15, 0.2) is 9.84 Å². The van der Waals surface area contributed by atoms with Crippen molar-refractivity contribution in [2.75, 3.05) is 5.32 Å². The van der Waals surface area contributed by atoms with Crippen molar-refractivity contribution in [2.45, 2.75) is 23.5 Å². The maximum atomic E-state index is 12.1. The molecule has 0 saturated heterocycles. The fraction of sp³-hybridized carbons (Fsp3) is 0.300. The number of hydrogen-bond acceptors (Lipinski definition) is 4. The number of phenolic OH excluding ortho intramolecular Hbond substituents is 1. The number of rotatable bonds is 0. The quantitative estimate of drug-likeness (QED) is 0.706. The monoisotopic (exact) mass is 241 g/mol. The highest BCUT2D eigenvalue weighted by Gasteiger charge is 2.47. The smallest absolute Gasteiger partial charge is 0.245 e. The number of carbonyl (C=O) groups is 1. The molecule has 0 atom stereocenters. The third-order valence-electron chi connectivity index (χ3n) is 2.72. The van der Waals surface area contributed by atoms with E-state index >= 15 is 0 Å². The number of amides is 1. The van der Waals surface area contributed by atoms with E-state index in [0.717, 1.165) is 0 Å². The lowest BCUT2D eigenvalue weighted by atomic mass is 10.1. The maximum absolute atomic E-state index is 12.1. The molecule has 0 aliphatic carbocycles. The second-order valence-electron chi connectivity index (χ2n) is 4.15. The van der Waals surface area contributed by atoms with Gasteiger partial charge < -0.3 is 10.4 Å². The van der Waals surface area contributed by atoms with Crippen LogP contribution < -0.4 is 5.32 Å². The molecule has 0 aromatic heterocycles. The van der Waals surface area contributed by atoms with Crippen molar-refractivity contribution < 1.29 is 18.3 Å². The van der Waals surface area contributed by atoms with Crippen LogP contribution in [0, 0.1) is 0 Å². The number of fused-ring (bicyclic) bond motifs is 1. The molecular weight excluding hydrogens is 230 g/mol. The predicted octanol–water partition coefficient (Wildman–Crippen LogP) is 0.897. The number of sulfone groups is 1. The number of anilines is 1. The summed E-state index contributed by atoms with van der Waals surface area (Å²) >= 11 is 0. The van der Waals surface area contributed by atoms with Gasteiger partial charge in [0.25, 0.3) is 0 Å². The number of nitrogens with one attached hydrogen (secondary N) is 1. The zero-order valence-electron chi connectivity index (χ0n) is 8.81. The van der Waals surface area contributed by atoms with Crippen LogP contribution >= 0.6 is 0 Å².